The highest BCUT2D eigenvalue weighted by atomic mass is 16.5. The first-order valence-corrected chi connectivity index (χ1v) is 9.17. The van der Waals surface area contributed by atoms with Crippen molar-refractivity contribution in [1.29, 1.82) is 0 Å². The molecule has 0 bridgehead atoms. The number of carbonyl (C=O) groups excluding carboxylic acids is 2. The van der Waals surface area contributed by atoms with Crippen LogP contribution in [0.1, 0.15) is 31.9 Å². The highest BCUT2D eigenvalue weighted by Crippen LogP contribution is 2.15. The summed E-state index contributed by atoms with van der Waals surface area (Å²) in [6.07, 6.45) is 0.232. The number of nitrogens with one attached hydrogen (secondary N) is 1. The zero-order valence-corrected chi connectivity index (χ0v) is 16.4. The average molecular weight is 368 g/mol. The topological polar surface area (TPSA) is 58.6 Å². The van der Waals surface area contributed by atoms with Crippen molar-refractivity contribution in [3.05, 3.63) is 65.7 Å². The molecule has 0 spiro atoms. The Morgan fingerprint density at radius 2 is 1.59 bits per heavy atom. The van der Waals surface area contributed by atoms with Crippen LogP contribution in [-0.4, -0.2) is 35.9 Å². The van der Waals surface area contributed by atoms with Crippen molar-refractivity contribution in [2.45, 2.75) is 45.8 Å². The fourth-order valence-electron chi connectivity index (χ4n) is 2.79. The maximum Gasteiger partial charge on any atom is 0.242 e. The summed E-state index contributed by atoms with van der Waals surface area (Å²) in [5.41, 5.74) is 1.88. The van der Waals surface area contributed by atoms with Gasteiger partial charge in [0.05, 0.1) is 13.5 Å². The first-order valence-electron chi connectivity index (χ1n) is 9.17. The number of nitrogens with zero attached hydrogens (tertiary/aromatic N) is 1. The van der Waals surface area contributed by atoms with Crippen LogP contribution in [0.3, 0.4) is 0 Å². The van der Waals surface area contributed by atoms with Gasteiger partial charge < -0.3 is 15.0 Å². The molecule has 0 aromatic heterocycles. The van der Waals surface area contributed by atoms with Gasteiger partial charge in [-0.1, -0.05) is 42.5 Å². The van der Waals surface area contributed by atoms with Crippen LogP contribution in [0, 0.1) is 0 Å². The van der Waals surface area contributed by atoms with E-state index in [0.717, 1.165) is 16.9 Å². The Hall–Kier alpha value is -2.82. The zero-order chi connectivity index (χ0) is 19.8. The van der Waals surface area contributed by atoms with Crippen LogP contribution < -0.4 is 10.1 Å². The van der Waals surface area contributed by atoms with Crippen LogP contribution in [0.15, 0.2) is 54.6 Å². The first kappa shape index (κ1) is 20.5. The summed E-state index contributed by atoms with van der Waals surface area (Å²) in [6.45, 7) is 5.98. The molecule has 0 unspecified atom stereocenters. The van der Waals surface area contributed by atoms with E-state index in [4.69, 9.17) is 4.74 Å². The standard InChI is InChI=1S/C22H28N2O3/c1-16(2)23-22(26)17(3)24(15-19-8-6-5-7-9-19)21(25)14-18-10-12-20(27-4)13-11-18/h5-13,16-17H,14-15H2,1-4H3,(H,23,26)/t17-/m1/s1. The second-order valence-corrected chi connectivity index (χ2v) is 6.87. The molecule has 0 saturated heterocycles. The number of amides is 2. The molecule has 0 fully saturated rings. The molecule has 0 heterocycles. The van der Waals surface area contributed by atoms with Crippen LogP contribution in [0.4, 0.5) is 0 Å². The molecule has 2 aromatic rings. The molecular weight excluding hydrogens is 340 g/mol. The van der Waals surface area contributed by atoms with Crippen molar-refractivity contribution in [1.82, 2.24) is 10.2 Å². The molecule has 144 valence electrons. The van der Waals surface area contributed by atoms with E-state index in [2.05, 4.69) is 5.32 Å². The maximum atomic E-state index is 13.0. The van der Waals surface area contributed by atoms with Crippen molar-refractivity contribution in [2.24, 2.45) is 0 Å². The van der Waals surface area contributed by atoms with Gasteiger partial charge in [-0.15, -0.1) is 0 Å². The molecule has 2 aromatic carbocycles. The third-order valence-corrected chi connectivity index (χ3v) is 4.31. The van der Waals surface area contributed by atoms with Gasteiger partial charge in [-0.2, -0.15) is 0 Å². The smallest absolute Gasteiger partial charge is 0.242 e. The lowest BCUT2D eigenvalue weighted by Crippen LogP contribution is -2.49. The van der Waals surface area contributed by atoms with Crippen LogP contribution >= 0.6 is 0 Å². The van der Waals surface area contributed by atoms with E-state index < -0.39 is 6.04 Å². The minimum atomic E-state index is -0.557. The molecule has 0 radical (unpaired) electrons. The molecule has 2 amide bonds. The highest BCUT2D eigenvalue weighted by molar-refractivity contribution is 5.88. The van der Waals surface area contributed by atoms with Crippen molar-refractivity contribution in [3.8, 4) is 5.75 Å². The molecule has 1 atom stereocenters. The molecular formula is C22H28N2O3. The van der Waals surface area contributed by atoms with Gasteiger partial charge in [-0.25, -0.2) is 0 Å². The van der Waals surface area contributed by atoms with Gasteiger partial charge in [0.25, 0.3) is 0 Å². The van der Waals surface area contributed by atoms with Crippen LogP contribution in [0.25, 0.3) is 0 Å². The Labute approximate surface area is 161 Å². The second kappa shape index (κ2) is 9.76. The van der Waals surface area contributed by atoms with E-state index in [-0.39, 0.29) is 24.3 Å². The quantitative estimate of drug-likeness (QED) is 0.779. The number of benzene rings is 2. The summed E-state index contributed by atoms with van der Waals surface area (Å²) in [7, 11) is 1.61. The summed E-state index contributed by atoms with van der Waals surface area (Å²) in [6, 6.07) is 16.6. The number of rotatable bonds is 8. The van der Waals surface area contributed by atoms with Gasteiger partial charge in [-0.05, 0) is 44.0 Å². The monoisotopic (exact) mass is 368 g/mol. The molecule has 0 aliphatic rings. The van der Waals surface area contributed by atoms with Crippen LogP contribution in [0.5, 0.6) is 5.75 Å². The van der Waals surface area contributed by atoms with Gasteiger partial charge in [0.15, 0.2) is 0 Å². The Kier molecular flexibility index (Phi) is 7.41. The predicted molar refractivity (Wildman–Crippen MR) is 106 cm³/mol. The number of methoxy groups -OCH3 is 1. The average Bonchev–Trinajstić information content (AvgIpc) is 2.66. The van der Waals surface area contributed by atoms with Crippen molar-refractivity contribution in [3.63, 3.8) is 0 Å². The predicted octanol–water partition coefficient (Wildman–Crippen LogP) is 3.18. The van der Waals surface area contributed by atoms with E-state index in [1.165, 1.54) is 0 Å². The minimum Gasteiger partial charge on any atom is -0.497 e. The number of hydrogen-bond donors (Lipinski definition) is 1. The number of hydrogen-bond acceptors (Lipinski definition) is 3. The minimum absolute atomic E-state index is 0.0233. The van der Waals surface area contributed by atoms with Gasteiger partial charge >= 0.3 is 0 Å². The van der Waals surface area contributed by atoms with Gasteiger partial charge in [0, 0.05) is 12.6 Å². The van der Waals surface area contributed by atoms with E-state index in [1.807, 2.05) is 68.4 Å². The molecule has 0 saturated carbocycles. The molecule has 27 heavy (non-hydrogen) atoms. The van der Waals surface area contributed by atoms with Crippen LogP contribution in [0.2, 0.25) is 0 Å². The molecule has 5 heteroatoms. The van der Waals surface area contributed by atoms with E-state index >= 15 is 0 Å². The van der Waals surface area contributed by atoms with Crippen molar-refractivity contribution >= 4 is 11.8 Å². The summed E-state index contributed by atoms with van der Waals surface area (Å²) >= 11 is 0. The lowest BCUT2D eigenvalue weighted by Gasteiger charge is -2.29. The second-order valence-electron chi connectivity index (χ2n) is 6.87. The molecule has 5 nitrogen and oxygen atoms in total. The lowest BCUT2D eigenvalue weighted by molar-refractivity contribution is -0.140. The third kappa shape index (κ3) is 6.13. The van der Waals surface area contributed by atoms with E-state index in [9.17, 15) is 9.59 Å². The fraction of sp³-hybridized carbons (Fsp3) is 0.364. The SMILES string of the molecule is COc1ccc(CC(=O)N(Cc2ccccc2)[C@H](C)C(=O)NC(C)C)cc1. The zero-order valence-electron chi connectivity index (χ0n) is 16.4. The number of carbonyl (C=O) groups is 2. The summed E-state index contributed by atoms with van der Waals surface area (Å²) in [5, 5.41) is 2.89. The first-order chi connectivity index (χ1) is 12.9. The van der Waals surface area contributed by atoms with E-state index in [1.54, 1.807) is 18.9 Å². The molecule has 0 aliphatic carbocycles. The molecule has 1 N–H and O–H groups in total. The number of ether oxygens (including phenoxy) is 1. The summed E-state index contributed by atoms with van der Waals surface area (Å²) in [4.78, 5) is 27.2. The van der Waals surface area contributed by atoms with Gasteiger partial charge in [0.2, 0.25) is 11.8 Å². The van der Waals surface area contributed by atoms with Crippen molar-refractivity contribution in [2.75, 3.05) is 7.11 Å². The van der Waals surface area contributed by atoms with Crippen LogP contribution in [-0.2, 0) is 22.6 Å². The molecule has 0 aliphatic heterocycles. The highest BCUT2D eigenvalue weighted by Gasteiger charge is 2.26. The normalized spacial score (nSPS) is 11.7. The Morgan fingerprint density at radius 3 is 2.15 bits per heavy atom. The molecule has 2 rings (SSSR count). The summed E-state index contributed by atoms with van der Waals surface area (Å²) < 4.78 is 5.16. The Balaban J connectivity index is 2.18. The Bertz CT molecular complexity index is 742. The van der Waals surface area contributed by atoms with E-state index in [0.29, 0.717) is 6.54 Å². The van der Waals surface area contributed by atoms with Gasteiger partial charge in [-0.3, -0.25) is 9.59 Å². The van der Waals surface area contributed by atoms with Gasteiger partial charge in [0.1, 0.15) is 11.8 Å². The lowest BCUT2D eigenvalue weighted by atomic mass is 10.1. The summed E-state index contributed by atoms with van der Waals surface area (Å²) in [5.74, 6) is 0.511. The Morgan fingerprint density at radius 1 is 0.963 bits per heavy atom. The largest absolute Gasteiger partial charge is 0.497 e. The third-order valence-electron chi connectivity index (χ3n) is 4.31. The van der Waals surface area contributed by atoms with Crippen molar-refractivity contribution < 1.29 is 14.3 Å². The fourth-order valence-corrected chi connectivity index (χ4v) is 2.79. The maximum absolute atomic E-state index is 13.0.